The average Bonchev–Trinajstić information content (AvgIpc) is 2.99. The van der Waals surface area contributed by atoms with Crippen molar-refractivity contribution in [3.05, 3.63) is 88.7 Å². The summed E-state index contributed by atoms with van der Waals surface area (Å²) in [5, 5.41) is 2.90. The topological polar surface area (TPSA) is 46.9 Å². The second kappa shape index (κ2) is 6.84. The molecule has 0 aliphatic carbocycles. The van der Waals surface area contributed by atoms with Gasteiger partial charge in [0.1, 0.15) is 17.7 Å². The quantitative estimate of drug-likeness (QED) is 0.784. The number of amides is 1. The van der Waals surface area contributed by atoms with Crippen LogP contribution >= 0.6 is 11.6 Å². The van der Waals surface area contributed by atoms with Crippen LogP contribution in [0.5, 0.6) is 0 Å². The molecule has 24 heavy (non-hydrogen) atoms. The fraction of sp³-hybridized carbons (Fsp3) is 0.111. The summed E-state index contributed by atoms with van der Waals surface area (Å²) >= 11 is 5.99. The number of aryl methyl sites for hydroxylation is 1. The van der Waals surface area contributed by atoms with Crippen molar-refractivity contribution in [2.24, 2.45) is 7.05 Å². The van der Waals surface area contributed by atoms with Crippen molar-refractivity contribution < 1.29 is 9.18 Å². The highest BCUT2D eigenvalue weighted by molar-refractivity contribution is 6.33. The van der Waals surface area contributed by atoms with Crippen molar-refractivity contribution in [1.82, 2.24) is 14.9 Å². The van der Waals surface area contributed by atoms with E-state index in [2.05, 4.69) is 10.3 Å². The van der Waals surface area contributed by atoms with Crippen LogP contribution < -0.4 is 5.32 Å². The number of hydrogen-bond acceptors (Lipinski definition) is 2. The second-order valence-electron chi connectivity index (χ2n) is 5.31. The molecular formula is C18H15ClFN3O. The van der Waals surface area contributed by atoms with Gasteiger partial charge < -0.3 is 9.88 Å². The number of hydrogen-bond donors (Lipinski definition) is 1. The Morgan fingerprint density at radius 3 is 2.58 bits per heavy atom. The third-order valence-corrected chi connectivity index (χ3v) is 4.03. The molecule has 0 aliphatic heterocycles. The lowest BCUT2D eigenvalue weighted by molar-refractivity contribution is 0.0937. The molecule has 1 atom stereocenters. The van der Waals surface area contributed by atoms with Gasteiger partial charge in [-0.2, -0.15) is 0 Å². The molecule has 2 aromatic carbocycles. The average molecular weight is 344 g/mol. The Labute approximate surface area is 143 Å². The highest BCUT2D eigenvalue weighted by atomic mass is 35.5. The molecular weight excluding hydrogens is 329 g/mol. The molecule has 1 heterocycles. The molecule has 1 unspecified atom stereocenters. The predicted octanol–water partition coefficient (Wildman–Crippen LogP) is 3.73. The van der Waals surface area contributed by atoms with Crippen LogP contribution in [0.4, 0.5) is 4.39 Å². The maximum absolute atomic E-state index is 14.0. The largest absolute Gasteiger partial charge is 0.338 e. The normalized spacial score (nSPS) is 12.0. The first-order chi connectivity index (χ1) is 11.6. The van der Waals surface area contributed by atoms with Crippen molar-refractivity contribution in [2.75, 3.05) is 0 Å². The highest BCUT2D eigenvalue weighted by Gasteiger charge is 2.24. The third-order valence-electron chi connectivity index (χ3n) is 3.71. The number of nitrogens with zero attached hydrogens (tertiary/aromatic N) is 2. The smallest absolute Gasteiger partial charge is 0.256 e. The Bertz CT molecular complexity index is 843. The number of aromatic nitrogens is 2. The Morgan fingerprint density at radius 2 is 1.96 bits per heavy atom. The molecule has 4 nitrogen and oxygen atoms in total. The van der Waals surface area contributed by atoms with Crippen LogP contribution in [0.2, 0.25) is 5.02 Å². The van der Waals surface area contributed by atoms with Crippen molar-refractivity contribution in [3.63, 3.8) is 0 Å². The van der Waals surface area contributed by atoms with Gasteiger partial charge in [-0.1, -0.05) is 48.0 Å². The fourth-order valence-electron chi connectivity index (χ4n) is 2.52. The van der Waals surface area contributed by atoms with Gasteiger partial charge in [0.25, 0.3) is 5.91 Å². The molecule has 0 fully saturated rings. The predicted molar refractivity (Wildman–Crippen MR) is 90.4 cm³/mol. The maximum Gasteiger partial charge on any atom is 0.256 e. The summed E-state index contributed by atoms with van der Waals surface area (Å²) in [6.07, 6.45) is 3.43. The van der Waals surface area contributed by atoms with Gasteiger partial charge >= 0.3 is 0 Å². The lowest BCUT2D eigenvalue weighted by Crippen LogP contribution is -2.31. The monoisotopic (exact) mass is 343 g/mol. The second-order valence-corrected chi connectivity index (χ2v) is 5.72. The Kier molecular flexibility index (Phi) is 4.62. The van der Waals surface area contributed by atoms with Gasteiger partial charge in [-0.05, 0) is 17.7 Å². The third kappa shape index (κ3) is 3.16. The number of carbonyl (C=O) groups is 1. The van der Waals surface area contributed by atoms with Crippen LogP contribution in [-0.4, -0.2) is 15.5 Å². The minimum atomic E-state index is -0.661. The minimum Gasteiger partial charge on any atom is -0.338 e. The van der Waals surface area contributed by atoms with E-state index < -0.39 is 17.8 Å². The van der Waals surface area contributed by atoms with Crippen LogP contribution in [0.25, 0.3) is 0 Å². The molecule has 0 aliphatic rings. The van der Waals surface area contributed by atoms with Crippen molar-refractivity contribution in [1.29, 1.82) is 0 Å². The summed E-state index contributed by atoms with van der Waals surface area (Å²) in [6.45, 7) is 0. The molecule has 0 spiro atoms. The lowest BCUT2D eigenvalue weighted by atomic mass is 10.1. The molecule has 1 aromatic heterocycles. The number of imidazole rings is 1. The molecule has 0 saturated carbocycles. The van der Waals surface area contributed by atoms with Gasteiger partial charge in [0.05, 0.1) is 10.6 Å². The number of nitrogens with one attached hydrogen (secondary N) is 1. The zero-order valence-electron chi connectivity index (χ0n) is 12.9. The van der Waals surface area contributed by atoms with Crippen LogP contribution in [0.15, 0.2) is 60.9 Å². The van der Waals surface area contributed by atoms with Gasteiger partial charge in [-0.3, -0.25) is 4.79 Å². The van der Waals surface area contributed by atoms with E-state index >= 15 is 0 Å². The number of rotatable bonds is 4. The van der Waals surface area contributed by atoms with Crippen LogP contribution in [0.3, 0.4) is 0 Å². The highest BCUT2D eigenvalue weighted by Crippen LogP contribution is 2.23. The first-order valence-electron chi connectivity index (χ1n) is 7.35. The summed E-state index contributed by atoms with van der Waals surface area (Å²) in [6, 6.07) is 13.0. The summed E-state index contributed by atoms with van der Waals surface area (Å²) in [4.78, 5) is 16.9. The van der Waals surface area contributed by atoms with Crippen molar-refractivity contribution in [2.45, 2.75) is 6.04 Å². The van der Waals surface area contributed by atoms with E-state index in [0.29, 0.717) is 5.82 Å². The van der Waals surface area contributed by atoms with Crippen LogP contribution in [0.1, 0.15) is 27.8 Å². The van der Waals surface area contributed by atoms with Crippen molar-refractivity contribution in [3.8, 4) is 0 Å². The Balaban J connectivity index is 1.99. The number of benzene rings is 2. The molecule has 122 valence electrons. The molecule has 1 amide bonds. The summed E-state index contributed by atoms with van der Waals surface area (Å²) < 4.78 is 15.8. The lowest BCUT2D eigenvalue weighted by Gasteiger charge is -2.19. The molecule has 0 saturated heterocycles. The maximum atomic E-state index is 14.0. The van der Waals surface area contributed by atoms with Crippen LogP contribution in [-0.2, 0) is 7.05 Å². The number of halogens is 2. The summed E-state index contributed by atoms with van der Waals surface area (Å²) in [5.74, 6) is -0.608. The van der Waals surface area contributed by atoms with Gasteiger partial charge in [-0.15, -0.1) is 0 Å². The van der Waals surface area contributed by atoms with Crippen molar-refractivity contribution >= 4 is 17.5 Å². The van der Waals surface area contributed by atoms with Gasteiger partial charge in [0, 0.05) is 19.4 Å². The summed E-state index contributed by atoms with van der Waals surface area (Å²) in [7, 11) is 1.83. The minimum absolute atomic E-state index is 0.0687. The Morgan fingerprint density at radius 1 is 1.21 bits per heavy atom. The molecule has 3 aromatic rings. The van der Waals surface area contributed by atoms with E-state index in [1.165, 1.54) is 18.2 Å². The van der Waals surface area contributed by atoms with E-state index in [1.807, 2.05) is 37.4 Å². The van der Waals surface area contributed by atoms with Gasteiger partial charge in [-0.25, -0.2) is 9.37 Å². The van der Waals surface area contributed by atoms with Gasteiger partial charge in [0.2, 0.25) is 0 Å². The zero-order chi connectivity index (χ0) is 17.1. The molecule has 3 rings (SSSR count). The molecule has 1 N–H and O–H groups in total. The molecule has 0 radical (unpaired) electrons. The Hall–Kier alpha value is -2.66. The standard InChI is InChI=1S/C18H15ClFN3O/c1-23-11-10-21-17(23)16(12-6-3-2-4-7-12)22-18(24)15-13(19)8-5-9-14(15)20/h2-11,16H,1H3,(H,22,24). The summed E-state index contributed by atoms with van der Waals surface area (Å²) in [5.41, 5.74) is 0.668. The van der Waals surface area contributed by atoms with E-state index in [0.717, 1.165) is 5.56 Å². The van der Waals surface area contributed by atoms with E-state index in [-0.39, 0.29) is 10.6 Å². The van der Waals surface area contributed by atoms with Gasteiger partial charge in [0.15, 0.2) is 0 Å². The molecule has 0 bridgehead atoms. The zero-order valence-corrected chi connectivity index (χ0v) is 13.7. The number of carbonyl (C=O) groups excluding carboxylic acids is 1. The molecule has 6 heteroatoms. The van der Waals surface area contributed by atoms with E-state index in [9.17, 15) is 9.18 Å². The SMILES string of the molecule is Cn1ccnc1C(NC(=O)c1c(F)cccc1Cl)c1ccccc1. The first kappa shape index (κ1) is 16.2. The van der Waals surface area contributed by atoms with Crippen LogP contribution in [0, 0.1) is 5.82 Å². The first-order valence-corrected chi connectivity index (χ1v) is 7.72. The van der Waals surface area contributed by atoms with E-state index in [1.54, 1.807) is 17.0 Å². The van der Waals surface area contributed by atoms with E-state index in [4.69, 9.17) is 11.6 Å². The fourth-order valence-corrected chi connectivity index (χ4v) is 2.76.